The summed E-state index contributed by atoms with van der Waals surface area (Å²) in [5.74, 6) is 0.120. The molecule has 0 bridgehead atoms. The van der Waals surface area contributed by atoms with Crippen molar-refractivity contribution < 1.29 is 13.9 Å². The Labute approximate surface area is 234 Å². The van der Waals surface area contributed by atoms with Gasteiger partial charge < -0.3 is 4.74 Å². The highest BCUT2D eigenvalue weighted by Crippen LogP contribution is 2.22. The normalized spacial score (nSPS) is 11.1. The fourth-order valence-electron chi connectivity index (χ4n) is 4.73. The number of unbranched alkanes of at least 4 members (excludes halogenated alkanes) is 11. The maximum Gasteiger partial charge on any atom is 0.343 e. The Bertz CT molecular complexity index is 1110. The molecule has 0 saturated carbocycles. The van der Waals surface area contributed by atoms with Crippen molar-refractivity contribution in [1.82, 2.24) is 9.97 Å². The van der Waals surface area contributed by atoms with Crippen LogP contribution in [-0.4, -0.2) is 15.9 Å². The second-order valence-corrected chi connectivity index (χ2v) is 10.5. The van der Waals surface area contributed by atoms with Gasteiger partial charge in [0.15, 0.2) is 5.82 Å². The molecule has 3 rings (SSSR count). The van der Waals surface area contributed by atoms with E-state index in [9.17, 15) is 9.18 Å². The van der Waals surface area contributed by atoms with Gasteiger partial charge in [-0.15, -0.1) is 0 Å². The van der Waals surface area contributed by atoms with E-state index < -0.39 is 5.97 Å². The van der Waals surface area contributed by atoms with Gasteiger partial charge in [0.1, 0.15) is 11.6 Å². The predicted octanol–water partition coefficient (Wildman–Crippen LogP) is 9.70. The Morgan fingerprint density at radius 2 is 1.28 bits per heavy atom. The second kappa shape index (κ2) is 17.5. The van der Waals surface area contributed by atoms with Crippen LogP contribution in [0.1, 0.15) is 119 Å². The van der Waals surface area contributed by atoms with Gasteiger partial charge in [0.25, 0.3) is 0 Å². The minimum atomic E-state index is -0.571. The molecule has 0 N–H and O–H groups in total. The zero-order chi connectivity index (χ0) is 27.7. The predicted molar refractivity (Wildman–Crippen MR) is 158 cm³/mol. The Balaban J connectivity index is 1.44. The summed E-state index contributed by atoms with van der Waals surface area (Å²) in [6, 6.07) is 11.7. The zero-order valence-electron chi connectivity index (χ0n) is 23.9. The molecule has 0 unspecified atom stereocenters. The summed E-state index contributed by atoms with van der Waals surface area (Å²) in [5.41, 5.74) is 2.87. The second-order valence-electron chi connectivity index (χ2n) is 10.5. The van der Waals surface area contributed by atoms with E-state index in [1.165, 1.54) is 76.7 Å². The third-order valence-electron chi connectivity index (χ3n) is 7.19. The van der Waals surface area contributed by atoms with E-state index in [0.717, 1.165) is 30.4 Å². The molecule has 0 fully saturated rings. The summed E-state index contributed by atoms with van der Waals surface area (Å²) in [6.07, 6.45) is 21.5. The number of hydrogen-bond donors (Lipinski definition) is 0. The van der Waals surface area contributed by atoms with Gasteiger partial charge in [0, 0.05) is 18.0 Å². The smallest absolute Gasteiger partial charge is 0.343 e. The zero-order valence-corrected chi connectivity index (χ0v) is 23.9. The minimum absolute atomic E-state index is 0.211. The molecule has 0 atom stereocenters. The van der Waals surface area contributed by atoms with E-state index in [4.69, 9.17) is 4.74 Å². The summed E-state index contributed by atoms with van der Waals surface area (Å²) in [5, 5.41) is 0. The average Bonchev–Trinajstić information content (AvgIpc) is 2.96. The van der Waals surface area contributed by atoms with Gasteiger partial charge >= 0.3 is 5.97 Å². The van der Waals surface area contributed by atoms with Crippen LogP contribution in [0.2, 0.25) is 0 Å². The first-order valence-electron chi connectivity index (χ1n) is 15.0. The highest BCUT2D eigenvalue weighted by atomic mass is 19.1. The van der Waals surface area contributed by atoms with Crippen molar-refractivity contribution in [3.8, 4) is 17.1 Å². The van der Waals surface area contributed by atoms with Gasteiger partial charge in [-0.25, -0.2) is 19.2 Å². The fraction of sp³-hybridized carbons (Fsp3) is 0.500. The van der Waals surface area contributed by atoms with E-state index in [1.54, 1.807) is 24.3 Å². The maximum atomic E-state index is 14.6. The van der Waals surface area contributed by atoms with Gasteiger partial charge in [-0.05, 0) is 73.2 Å². The lowest BCUT2D eigenvalue weighted by Gasteiger charge is -2.08. The van der Waals surface area contributed by atoms with Crippen LogP contribution in [-0.2, 0) is 12.8 Å². The third kappa shape index (κ3) is 10.9. The molecule has 0 radical (unpaired) electrons. The number of nitrogens with zero attached hydrogens (tertiary/aromatic N) is 2. The summed E-state index contributed by atoms with van der Waals surface area (Å²) in [6.45, 7) is 4.44. The van der Waals surface area contributed by atoms with Crippen molar-refractivity contribution in [2.45, 2.75) is 110 Å². The van der Waals surface area contributed by atoms with Gasteiger partial charge in [-0.1, -0.05) is 90.5 Å². The number of hydrogen-bond acceptors (Lipinski definition) is 4. The minimum Gasteiger partial charge on any atom is -0.423 e. The standard InChI is InChI=1S/C34H45FN2O2/c1-3-5-7-9-11-12-14-16-27-25-36-33(37-26-27)29-20-22-31(23-21-29)39-34(38)30-19-18-28(32(35)24-30)17-15-13-10-8-6-4-2/h18-26H,3-17H2,1-2H3. The van der Waals surface area contributed by atoms with Gasteiger partial charge in [0.05, 0.1) is 5.56 Å². The molecule has 0 saturated heterocycles. The van der Waals surface area contributed by atoms with Crippen molar-refractivity contribution in [2.24, 2.45) is 0 Å². The first kappa shape index (κ1) is 30.5. The van der Waals surface area contributed by atoms with Crippen LogP contribution in [0, 0.1) is 5.82 Å². The first-order chi connectivity index (χ1) is 19.1. The molecular formula is C34H45FN2O2. The lowest BCUT2D eigenvalue weighted by atomic mass is 10.0. The van der Waals surface area contributed by atoms with Crippen molar-refractivity contribution in [2.75, 3.05) is 0 Å². The quantitative estimate of drug-likeness (QED) is 0.0929. The van der Waals surface area contributed by atoms with Crippen LogP contribution in [0.5, 0.6) is 5.75 Å². The summed E-state index contributed by atoms with van der Waals surface area (Å²) in [7, 11) is 0. The molecule has 4 nitrogen and oxygen atoms in total. The number of carbonyl (C=O) groups excluding carboxylic acids is 1. The first-order valence-corrected chi connectivity index (χ1v) is 15.0. The summed E-state index contributed by atoms with van der Waals surface area (Å²) in [4.78, 5) is 21.6. The molecule has 0 spiro atoms. The Morgan fingerprint density at radius 3 is 1.87 bits per heavy atom. The molecule has 3 aromatic rings. The lowest BCUT2D eigenvalue weighted by Crippen LogP contribution is -2.09. The molecule has 5 heteroatoms. The Kier molecular flexibility index (Phi) is 13.7. The topological polar surface area (TPSA) is 52.1 Å². The summed E-state index contributed by atoms with van der Waals surface area (Å²) < 4.78 is 20.1. The van der Waals surface area contributed by atoms with Crippen molar-refractivity contribution in [1.29, 1.82) is 0 Å². The van der Waals surface area contributed by atoms with Crippen molar-refractivity contribution in [3.05, 3.63) is 77.4 Å². The fourth-order valence-corrected chi connectivity index (χ4v) is 4.73. The molecule has 1 heterocycles. The number of rotatable bonds is 18. The molecule has 39 heavy (non-hydrogen) atoms. The SMILES string of the molecule is CCCCCCCCCc1cnc(-c2ccc(OC(=O)c3ccc(CCCCCCCC)c(F)c3)cc2)nc1. The number of aromatic nitrogens is 2. The third-order valence-corrected chi connectivity index (χ3v) is 7.19. The van der Waals surface area contributed by atoms with Crippen LogP contribution in [0.15, 0.2) is 54.9 Å². The van der Waals surface area contributed by atoms with Crippen LogP contribution in [0.3, 0.4) is 0 Å². The number of halogens is 1. The number of esters is 1. The van der Waals surface area contributed by atoms with Crippen molar-refractivity contribution in [3.63, 3.8) is 0 Å². The molecule has 210 valence electrons. The molecule has 1 aromatic heterocycles. The van der Waals surface area contributed by atoms with Gasteiger partial charge in [-0.3, -0.25) is 0 Å². The molecule has 2 aromatic carbocycles. The van der Waals surface area contributed by atoms with Gasteiger partial charge in [0.2, 0.25) is 0 Å². The average molecular weight is 533 g/mol. The number of benzene rings is 2. The molecule has 0 amide bonds. The Morgan fingerprint density at radius 1 is 0.718 bits per heavy atom. The summed E-state index contributed by atoms with van der Waals surface area (Å²) >= 11 is 0. The van der Waals surface area contributed by atoms with Crippen LogP contribution in [0.4, 0.5) is 4.39 Å². The monoisotopic (exact) mass is 532 g/mol. The largest absolute Gasteiger partial charge is 0.423 e. The van der Waals surface area contributed by atoms with E-state index in [0.29, 0.717) is 23.6 Å². The number of aryl methyl sites for hydroxylation is 2. The van der Waals surface area contributed by atoms with E-state index >= 15 is 0 Å². The molecule has 0 aliphatic carbocycles. The van der Waals surface area contributed by atoms with Crippen LogP contribution < -0.4 is 4.74 Å². The number of ether oxygens (including phenoxy) is 1. The lowest BCUT2D eigenvalue weighted by molar-refractivity contribution is 0.0734. The van der Waals surface area contributed by atoms with Crippen LogP contribution in [0.25, 0.3) is 11.4 Å². The molecule has 0 aliphatic rings. The van der Waals surface area contributed by atoms with E-state index in [1.807, 2.05) is 24.5 Å². The van der Waals surface area contributed by atoms with E-state index in [2.05, 4.69) is 23.8 Å². The Hall–Kier alpha value is -3.08. The highest BCUT2D eigenvalue weighted by molar-refractivity contribution is 5.91. The molecular weight excluding hydrogens is 487 g/mol. The highest BCUT2D eigenvalue weighted by Gasteiger charge is 2.13. The number of carbonyl (C=O) groups is 1. The van der Waals surface area contributed by atoms with E-state index in [-0.39, 0.29) is 11.4 Å². The van der Waals surface area contributed by atoms with Crippen molar-refractivity contribution >= 4 is 5.97 Å². The molecule has 0 aliphatic heterocycles. The van der Waals surface area contributed by atoms with Gasteiger partial charge in [-0.2, -0.15) is 0 Å². The van der Waals surface area contributed by atoms with Crippen LogP contribution >= 0.6 is 0 Å². The maximum absolute atomic E-state index is 14.6.